The molecule has 1 heterocycles. The lowest BCUT2D eigenvalue weighted by Crippen LogP contribution is -2.34. The minimum absolute atomic E-state index is 0.104. The van der Waals surface area contributed by atoms with E-state index < -0.39 is 36.5 Å². The van der Waals surface area contributed by atoms with Crippen molar-refractivity contribution in [1.82, 2.24) is 5.32 Å². The van der Waals surface area contributed by atoms with Crippen molar-refractivity contribution in [3.63, 3.8) is 0 Å². The third-order valence-electron chi connectivity index (χ3n) is 4.88. The summed E-state index contributed by atoms with van der Waals surface area (Å²) in [5.41, 5.74) is -0.104. The Hall–Kier alpha value is -2.22. The smallest absolute Gasteiger partial charge is 0.351 e. The Labute approximate surface area is 165 Å². The van der Waals surface area contributed by atoms with Crippen LogP contribution in [0, 0.1) is 0 Å². The number of esters is 4. The lowest BCUT2D eigenvalue weighted by Gasteiger charge is -2.20. The quantitative estimate of drug-likeness (QED) is 0.302. The standard InChI is InChI=1S/C20H29NO7/c1-14(12-17(22)27-15-8-5-3-2-4-6-9-15)19(24)26-13-18(23)28-20(25)16-10-7-11-21-16/h15-16,21H,1-13H2/t16-/m0/s1. The Kier molecular flexibility index (Phi) is 9.13. The molecule has 0 unspecified atom stereocenters. The van der Waals surface area contributed by atoms with Crippen LogP contribution in [0.2, 0.25) is 0 Å². The average molecular weight is 395 g/mol. The van der Waals surface area contributed by atoms with Crippen LogP contribution in [0.25, 0.3) is 0 Å². The van der Waals surface area contributed by atoms with Gasteiger partial charge in [0.15, 0.2) is 6.61 Å². The summed E-state index contributed by atoms with van der Waals surface area (Å²) in [6.07, 6.45) is 8.23. The maximum Gasteiger partial charge on any atom is 0.351 e. The van der Waals surface area contributed by atoms with Crippen molar-refractivity contribution >= 4 is 23.9 Å². The lowest BCUT2D eigenvalue weighted by molar-refractivity contribution is -0.167. The van der Waals surface area contributed by atoms with E-state index in [1.54, 1.807) is 0 Å². The summed E-state index contributed by atoms with van der Waals surface area (Å²) < 4.78 is 14.8. The molecule has 1 aliphatic heterocycles. The van der Waals surface area contributed by atoms with Crippen LogP contribution in [0.5, 0.6) is 0 Å². The molecule has 28 heavy (non-hydrogen) atoms. The molecule has 1 saturated heterocycles. The molecule has 0 aromatic rings. The highest BCUT2D eigenvalue weighted by atomic mass is 16.6. The maximum atomic E-state index is 12.0. The number of carbonyl (C=O) groups is 4. The third kappa shape index (κ3) is 7.80. The van der Waals surface area contributed by atoms with Crippen molar-refractivity contribution in [2.75, 3.05) is 13.2 Å². The highest BCUT2D eigenvalue weighted by Gasteiger charge is 2.26. The van der Waals surface area contributed by atoms with E-state index >= 15 is 0 Å². The fraction of sp³-hybridized carbons (Fsp3) is 0.700. The van der Waals surface area contributed by atoms with Crippen molar-refractivity contribution in [2.45, 2.75) is 76.4 Å². The van der Waals surface area contributed by atoms with E-state index in [4.69, 9.17) is 9.47 Å². The summed E-state index contributed by atoms with van der Waals surface area (Å²) in [7, 11) is 0. The summed E-state index contributed by atoms with van der Waals surface area (Å²) in [6.45, 7) is 3.50. The van der Waals surface area contributed by atoms with E-state index in [9.17, 15) is 19.2 Å². The Morgan fingerprint density at radius 3 is 2.21 bits per heavy atom. The topological polar surface area (TPSA) is 108 Å². The molecule has 2 fully saturated rings. The number of carbonyl (C=O) groups excluding carboxylic acids is 4. The summed E-state index contributed by atoms with van der Waals surface area (Å²) in [6, 6.07) is -0.502. The van der Waals surface area contributed by atoms with Crippen LogP contribution >= 0.6 is 0 Å². The van der Waals surface area contributed by atoms with Gasteiger partial charge in [-0.15, -0.1) is 0 Å². The molecule has 1 saturated carbocycles. The van der Waals surface area contributed by atoms with E-state index in [2.05, 4.69) is 16.6 Å². The summed E-state index contributed by atoms with van der Waals surface area (Å²) >= 11 is 0. The summed E-state index contributed by atoms with van der Waals surface area (Å²) in [5.74, 6) is -3.06. The van der Waals surface area contributed by atoms with Gasteiger partial charge in [-0.25, -0.2) is 14.4 Å². The van der Waals surface area contributed by atoms with E-state index in [-0.39, 0.29) is 18.1 Å². The molecule has 1 N–H and O–H groups in total. The normalized spacial score (nSPS) is 20.5. The Bertz CT molecular complexity index is 587. The molecular weight excluding hydrogens is 366 g/mol. The molecule has 0 aromatic heterocycles. The van der Waals surface area contributed by atoms with Gasteiger partial charge >= 0.3 is 23.9 Å². The van der Waals surface area contributed by atoms with Crippen molar-refractivity contribution < 1.29 is 33.4 Å². The molecule has 0 spiro atoms. The number of hydrogen-bond donors (Lipinski definition) is 1. The Morgan fingerprint density at radius 2 is 1.57 bits per heavy atom. The molecule has 0 aromatic carbocycles. The molecule has 0 bridgehead atoms. The number of hydrogen-bond acceptors (Lipinski definition) is 8. The number of ether oxygens (including phenoxy) is 3. The second-order valence-corrected chi connectivity index (χ2v) is 7.26. The highest BCUT2D eigenvalue weighted by Crippen LogP contribution is 2.20. The van der Waals surface area contributed by atoms with Crippen molar-refractivity contribution in [2.24, 2.45) is 0 Å². The first-order chi connectivity index (χ1) is 13.5. The van der Waals surface area contributed by atoms with E-state index in [0.29, 0.717) is 13.0 Å². The summed E-state index contributed by atoms with van der Waals surface area (Å²) in [5, 5.41) is 2.91. The lowest BCUT2D eigenvalue weighted by atomic mass is 9.98. The molecule has 8 heteroatoms. The van der Waals surface area contributed by atoms with Gasteiger partial charge in [0.1, 0.15) is 12.1 Å². The van der Waals surface area contributed by atoms with Crippen LogP contribution in [-0.2, 0) is 33.4 Å². The van der Waals surface area contributed by atoms with Crippen LogP contribution < -0.4 is 5.32 Å². The second kappa shape index (κ2) is 11.6. The fourth-order valence-electron chi connectivity index (χ4n) is 3.34. The van der Waals surface area contributed by atoms with E-state index in [1.807, 2.05) is 0 Å². The van der Waals surface area contributed by atoms with Crippen molar-refractivity contribution in [3.8, 4) is 0 Å². The van der Waals surface area contributed by atoms with Gasteiger partial charge in [-0.05, 0) is 45.1 Å². The van der Waals surface area contributed by atoms with Crippen molar-refractivity contribution in [3.05, 3.63) is 12.2 Å². The van der Waals surface area contributed by atoms with Gasteiger partial charge in [0.2, 0.25) is 0 Å². The second-order valence-electron chi connectivity index (χ2n) is 7.26. The Balaban J connectivity index is 1.65. The van der Waals surface area contributed by atoms with Gasteiger partial charge in [-0.1, -0.05) is 25.8 Å². The Morgan fingerprint density at radius 1 is 0.893 bits per heavy atom. The minimum Gasteiger partial charge on any atom is -0.462 e. The largest absolute Gasteiger partial charge is 0.462 e. The van der Waals surface area contributed by atoms with Crippen LogP contribution in [0.4, 0.5) is 0 Å². The highest BCUT2D eigenvalue weighted by molar-refractivity contribution is 5.95. The molecule has 1 atom stereocenters. The molecule has 2 aliphatic rings. The first-order valence-corrected chi connectivity index (χ1v) is 9.98. The monoisotopic (exact) mass is 395 g/mol. The number of rotatable bonds is 7. The minimum atomic E-state index is -0.961. The molecule has 1 aliphatic carbocycles. The van der Waals surface area contributed by atoms with E-state index in [1.165, 1.54) is 6.42 Å². The van der Waals surface area contributed by atoms with Gasteiger partial charge in [0.05, 0.1) is 6.42 Å². The molecule has 0 radical (unpaired) electrons. The van der Waals surface area contributed by atoms with Crippen LogP contribution in [0.15, 0.2) is 12.2 Å². The zero-order chi connectivity index (χ0) is 20.4. The number of nitrogens with one attached hydrogen (secondary N) is 1. The third-order valence-corrected chi connectivity index (χ3v) is 4.88. The molecule has 2 rings (SSSR count). The first-order valence-electron chi connectivity index (χ1n) is 9.98. The van der Waals surface area contributed by atoms with Gasteiger partial charge in [0, 0.05) is 5.57 Å². The average Bonchev–Trinajstić information content (AvgIpc) is 3.16. The zero-order valence-electron chi connectivity index (χ0n) is 16.2. The van der Waals surface area contributed by atoms with Gasteiger partial charge in [-0.2, -0.15) is 0 Å². The predicted molar refractivity (Wildman–Crippen MR) is 99.0 cm³/mol. The van der Waals surface area contributed by atoms with Gasteiger partial charge < -0.3 is 19.5 Å². The SMILES string of the molecule is C=C(CC(=O)OC1CCCCCCC1)C(=O)OCC(=O)OC(=O)[C@@H]1CCCN1. The van der Waals surface area contributed by atoms with Crippen LogP contribution in [0.1, 0.15) is 64.2 Å². The van der Waals surface area contributed by atoms with E-state index in [0.717, 1.165) is 44.9 Å². The van der Waals surface area contributed by atoms with Crippen LogP contribution in [-0.4, -0.2) is 49.2 Å². The molecular formula is C20H29NO7. The maximum absolute atomic E-state index is 12.0. The molecule has 8 nitrogen and oxygen atoms in total. The summed E-state index contributed by atoms with van der Waals surface area (Å²) in [4.78, 5) is 47.2. The van der Waals surface area contributed by atoms with Crippen molar-refractivity contribution in [1.29, 1.82) is 0 Å². The molecule has 0 amide bonds. The zero-order valence-corrected chi connectivity index (χ0v) is 16.2. The molecule has 156 valence electrons. The van der Waals surface area contributed by atoms with Gasteiger partial charge in [0.25, 0.3) is 0 Å². The predicted octanol–water partition coefficient (Wildman–Crippen LogP) is 1.95. The fourth-order valence-corrected chi connectivity index (χ4v) is 3.34. The van der Waals surface area contributed by atoms with Gasteiger partial charge in [-0.3, -0.25) is 4.79 Å². The van der Waals surface area contributed by atoms with Crippen LogP contribution in [0.3, 0.4) is 0 Å². The first kappa shape index (κ1) is 22.1.